The van der Waals surface area contributed by atoms with Gasteiger partial charge in [0.05, 0.1) is 11.1 Å². The Labute approximate surface area is 113 Å². The zero-order chi connectivity index (χ0) is 13.7. The first kappa shape index (κ1) is 14.6. The first-order valence-electron chi connectivity index (χ1n) is 5.80. The number of hydrogen-bond acceptors (Lipinski definition) is 2. The number of carbonyl (C=O) groups is 1. The van der Waals surface area contributed by atoms with Gasteiger partial charge < -0.3 is 10.1 Å². The molecule has 1 aromatic carbocycles. The average Bonchev–Trinajstić information content (AvgIpc) is 2.20. The van der Waals surface area contributed by atoms with Crippen LogP contribution in [0.2, 0.25) is 5.02 Å². The molecule has 98 valence electrons. The number of amides is 1. The summed E-state index contributed by atoms with van der Waals surface area (Å²) >= 11 is 6.07. The van der Waals surface area contributed by atoms with Crippen LogP contribution in [0.15, 0.2) is 29.8 Å². The van der Waals surface area contributed by atoms with E-state index in [1.54, 1.807) is 18.2 Å². The van der Waals surface area contributed by atoms with Crippen molar-refractivity contribution in [3.8, 4) is 5.75 Å². The van der Waals surface area contributed by atoms with E-state index < -0.39 is 0 Å². The Morgan fingerprint density at radius 1 is 1.39 bits per heavy atom. The average molecular weight is 268 g/mol. The minimum Gasteiger partial charge on any atom is -0.489 e. The summed E-state index contributed by atoms with van der Waals surface area (Å²) in [7, 11) is 0. The highest BCUT2D eigenvalue weighted by atomic mass is 35.5. The molecule has 0 radical (unpaired) electrons. The Bertz CT molecular complexity index is 463. The Morgan fingerprint density at radius 2 is 2.06 bits per heavy atom. The molecule has 4 heteroatoms. The fourth-order valence-electron chi connectivity index (χ4n) is 1.37. The first-order valence-corrected chi connectivity index (χ1v) is 6.18. The number of halogens is 1. The molecule has 0 aliphatic heterocycles. The molecule has 1 N–H and O–H groups in total. The van der Waals surface area contributed by atoms with Crippen molar-refractivity contribution in [2.24, 2.45) is 0 Å². The lowest BCUT2D eigenvalue weighted by atomic mass is 10.2. The molecule has 1 amide bonds. The molecule has 18 heavy (non-hydrogen) atoms. The fourth-order valence-corrected chi connectivity index (χ4v) is 1.59. The second kappa shape index (κ2) is 6.45. The third kappa shape index (κ3) is 4.80. The number of benzene rings is 1. The van der Waals surface area contributed by atoms with Gasteiger partial charge in [0.2, 0.25) is 5.91 Å². The summed E-state index contributed by atoms with van der Waals surface area (Å²) in [5.74, 6) is 0.454. The normalized spacial score (nSPS) is 10.1. The first-order chi connectivity index (χ1) is 8.38. The number of allylic oxidation sites excluding steroid dienone is 1. The lowest BCUT2D eigenvalue weighted by molar-refractivity contribution is -0.111. The van der Waals surface area contributed by atoms with Gasteiger partial charge in [0.25, 0.3) is 0 Å². The summed E-state index contributed by atoms with van der Waals surface area (Å²) in [5.41, 5.74) is 1.59. The smallest absolute Gasteiger partial charge is 0.248 e. The number of nitrogens with one attached hydrogen (secondary N) is 1. The summed E-state index contributed by atoms with van der Waals surface area (Å²) in [5, 5.41) is 3.22. The molecule has 0 saturated carbocycles. The molecule has 0 saturated heterocycles. The number of anilines is 1. The van der Waals surface area contributed by atoms with Crippen molar-refractivity contribution >= 4 is 23.2 Å². The number of hydrogen-bond donors (Lipinski definition) is 1. The maximum Gasteiger partial charge on any atom is 0.248 e. The molecule has 0 unspecified atom stereocenters. The van der Waals surface area contributed by atoms with E-state index in [1.165, 1.54) is 6.08 Å². The second-order valence-corrected chi connectivity index (χ2v) is 4.93. The van der Waals surface area contributed by atoms with Crippen LogP contribution >= 0.6 is 11.6 Å². The maximum atomic E-state index is 11.5. The Kier molecular flexibility index (Phi) is 5.23. The lowest BCUT2D eigenvalue weighted by Crippen LogP contribution is -2.09. The third-order valence-electron chi connectivity index (χ3n) is 1.98. The van der Waals surface area contributed by atoms with Crippen molar-refractivity contribution in [3.63, 3.8) is 0 Å². The molecule has 0 aliphatic carbocycles. The summed E-state index contributed by atoms with van der Waals surface area (Å²) in [6, 6.07) is 5.19. The van der Waals surface area contributed by atoms with Crippen LogP contribution in [0, 0.1) is 0 Å². The Balaban J connectivity index is 2.78. The van der Waals surface area contributed by atoms with Crippen LogP contribution in [-0.2, 0) is 4.79 Å². The molecule has 1 rings (SSSR count). The standard InChI is InChI=1S/C14H18ClNO2/c1-9(2)7-14(17)16-11-5-6-13(12(15)8-11)18-10(3)4/h5-8,10H,1-4H3,(H,16,17). The quantitative estimate of drug-likeness (QED) is 0.837. The number of rotatable bonds is 4. The van der Waals surface area contributed by atoms with E-state index in [-0.39, 0.29) is 12.0 Å². The van der Waals surface area contributed by atoms with E-state index >= 15 is 0 Å². The van der Waals surface area contributed by atoms with Gasteiger partial charge in [-0.3, -0.25) is 4.79 Å². The van der Waals surface area contributed by atoms with E-state index in [0.717, 1.165) is 5.57 Å². The topological polar surface area (TPSA) is 38.3 Å². The molecular weight excluding hydrogens is 250 g/mol. The molecule has 0 aliphatic rings. The highest BCUT2D eigenvalue weighted by Crippen LogP contribution is 2.28. The Morgan fingerprint density at radius 3 is 2.56 bits per heavy atom. The fraction of sp³-hybridized carbons (Fsp3) is 0.357. The van der Waals surface area contributed by atoms with Gasteiger partial charge >= 0.3 is 0 Å². The lowest BCUT2D eigenvalue weighted by Gasteiger charge is -2.12. The molecule has 0 fully saturated rings. The minimum atomic E-state index is -0.163. The molecular formula is C14H18ClNO2. The van der Waals surface area contributed by atoms with E-state index in [9.17, 15) is 4.79 Å². The van der Waals surface area contributed by atoms with Gasteiger partial charge in [-0.25, -0.2) is 0 Å². The van der Waals surface area contributed by atoms with Crippen LogP contribution in [0.25, 0.3) is 0 Å². The monoisotopic (exact) mass is 267 g/mol. The molecule has 0 bridgehead atoms. The summed E-state index contributed by atoms with van der Waals surface area (Å²) < 4.78 is 5.51. The molecule has 3 nitrogen and oxygen atoms in total. The summed E-state index contributed by atoms with van der Waals surface area (Å²) in [6.07, 6.45) is 1.60. The van der Waals surface area contributed by atoms with Crippen LogP contribution in [0.4, 0.5) is 5.69 Å². The van der Waals surface area contributed by atoms with Crippen molar-refractivity contribution in [1.82, 2.24) is 0 Å². The molecule has 0 spiro atoms. The van der Waals surface area contributed by atoms with Crippen LogP contribution < -0.4 is 10.1 Å². The van der Waals surface area contributed by atoms with Crippen molar-refractivity contribution in [3.05, 3.63) is 34.9 Å². The van der Waals surface area contributed by atoms with E-state index in [1.807, 2.05) is 27.7 Å². The molecule has 0 atom stereocenters. The van der Waals surface area contributed by atoms with Gasteiger partial charge in [-0.15, -0.1) is 0 Å². The van der Waals surface area contributed by atoms with Crippen LogP contribution in [0.5, 0.6) is 5.75 Å². The molecule has 0 heterocycles. The zero-order valence-electron chi connectivity index (χ0n) is 11.1. The van der Waals surface area contributed by atoms with Crippen LogP contribution in [-0.4, -0.2) is 12.0 Å². The van der Waals surface area contributed by atoms with Crippen molar-refractivity contribution in [2.45, 2.75) is 33.8 Å². The highest BCUT2D eigenvalue weighted by Gasteiger charge is 2.06. The molecule has 0 aromatic heterocycles. The van der Waals surface area contributed by atoms with Gasteiger partial charge in [0.1, 0.15) is 5.75 Å². The summed E-state index contributed by atoms with van der Waals surface area (Å²) in [6.45, 7) is 7.60. The van der Waals surface area contributed by atoms with Crippen molar-refractivity contribution < 1.29 is 9.53 Å². The van der Waals surface area contributed by atoms with Crippen molar-refractivity contribution in [1.29, 1.82) is 0 Å². The molecule has 1 aromatic rings. The Hall–Kier alpha value is -1.48. The van der Waals surface area contributed by atoms with Gasteiger partial charge in [-0.1, -0.05) is 17.2 Å². The van der Waals surface area contributed by atoms with Crippen LogP contribution in [0.3, 0.4) is 0 Å². The van der Waals surface area contributed by atoms with E-state index in [2.05, 4.69) is 5.32 Å². The maximum absolute atomic E-state index is 11.5. The largest absolute Gasteiger partial charge is 0.489 e. The van der Waals surface area contributed by atoms with E-state index in [4.69, 9.17) is 16.3 Å². The second-order valence-electron chi connectivity index (χ2n) is 4.52. The van der Waals surface area contributed by atoms with Crippen molar-refractivity contribution in [2.75, 3.05) is 5.32 Å². The van der Waals surface area contributed by atoms with Crippen LogP contribution in [0.1, 0.15) is 27.7 Å². The van der Waals surface area contributed by atoms with Gasteiger partial charge in [-0.2, -0.15) is 0 Å². The van der Waals surface area contributed by atoms with E-state index in [0.29, 0.717) is 16.5 Å². The number of carbonyl (C=O) groups excluding carboxylic acids is 1. The third-order valence-corrected chi connectivity index (χ3v) is 2.28. The SMILES string of the molecule is CC(C)=CC(=O)Nc1ccc(OC(C)C)c(Cl)c1. The van der Waals surface area contributed by atoms with Gasteiger partial charge in [0.15, 0.2) is 0 Å². The number of ether oxygens (including phenoxy) is 1. The predicted octanol–water partition coefficient (Wildman–Crippen LogP) is 4.03. The minimum absolute atomic E-state index is 0.0635. The zero-order valence-corrected chi connectivity index (χ0v) is 11.8. The van der Waals surface area contributed by atoms with Gasteiger partial charge in [-0.05, 0) is 45.9 Å². The van der Waals surface area contributed by atoms with Gasteiger partial charge in [0, 0.05) is 11.8 Å². The predicted molar refractivity (Wildman–Crippen MR) is 75.3 cm³/mol. The highest BCUT2D eigenvalue weighted by molar-refractivity contribution is 6.32. The summed E-state index contributed by atoms with van der Waals surface area (Å²) in [4.78, 5) is 11.5.